The van der Waals surface area contributed by atoms with Crippen molar-refractivity contribution in [1.82, 2.24) is 4.90 Å². The number of likely N-dealkylation sites (N-methyl/N-ethyl adjacent to an activating group) is 1. The molecule has 0 fully saturated rings. The predicted molar refractivity (Wildman–Crippen MR) is 115 cm³/mol. The van der Waals surface area contributed by atoms with Crippen LogP contribution < -0.4 is 18.9 Å². The van der Waals surface area contributed by atoms with E-state index in [1.165, 1.54) is 35.1 Å². The van der Waals surface area contributed by atoms with Gasteiger partial charge in [0.1, 0.15) is 0 Å². The molecule has 2 aromatic rings. The minimum absolute atomic E-state index is 0.108. The first-order valence-electron chi connectivity index (χ1n) is 11.4. The normalized spacial score (nSPS) is 25.2. The van der Waals surface area contributed by atoms with Crippen LogP contribution in [-0.4, -0.2) is 38.2 Å². The van der Waals surface area contributed by atoms with Crippen LogP contribution in [-0.2, 0) is 17.7 Å². The third-order valence-corrected chi connectivity index (χ3v) is 7.11. The zero-order valence-electron chi connectivity index (χ0n) is 18.2. The molecule has 0 bridgehead atoms. The molecule has 0 unspecified atom stereocenters. The zero-order chi connectivity index (χ0) is 20.9. The standard InChI is InChI=1S/C25H29NO5/c1-3-4-5-8-27-22-10-15-9-20-21(30-13-29-20)11-17(15)24-23(22)16-6-7-19-25(31-14-28-19)18(16)12-26(24)2/h6-7,9,11,22-24H,3-5,8,10,12-14H2,1-2H3/t22-,23-,24+/m0/s1. The van der Waals surface area contributed by atoms with Crippen LogP contribution in [0.3, 0.4) is 0 Å². The van der Waals surface area contributed by atoms with Crippen LogP contribution in [0.1, 0.15) is 60.4 Å². The third-order valence-electron chi connectivity index (χ3n) is 7.11. The predicted octanol–water partition coefficient (Wildman–Crippen LogP) is 4.55. The van der Waals surface area contributed by atoms with Gasteiger partial charge >= 0.3 is 0 Å². The number of rotatable bonds is 5. The van der Waals surface area contributed by atoms with Crippen molar-refractivity contribution < 1.29 is 23.7 Å². The van der Waals surface area contributed by atoms with Crippen LogP contribution in [0, 0.1) is 0 Å². The van der Waals surface area contributed by atoms with Gasteiger partial charge in [0.15, 0.2) is 23.0 Å². The average Bonchev–Trinajstić information content (AvgIpc) is 3.44. The molecular formula is C25H29NO5. The molecule has 3 heterocycles. The maximum Gasteiger partial charge on any atom is 0.231 e. The molecule has 0 spiro atoms. The highest BCUT2D eigenvalue weighted by molar-refractivity contribution is 5.58. The van der Waals surface area contributed by atoms with Crippen LogP contribution >= 0.6 is 0 Å². The molecule has 2 aromatic carbocycles. The van der Waals surface area contributed by atoms with Crippen molar-refractivity contribution in [2.75, 3.05) is 27.2 Å². The summed E-state index contributed by atoms with van der Waals surface area (Å²) in [5.41, 5.74) is 5.21. The van der Waals surface area contributed by atoms with E-state index < -0.39 is 0 Å². The summed E-state index contributed by atoms with van der Waals surface area (Å²) in [7, 11) is 2.20. The minimum Gasteiger partial charge on any atom is -0.454 e. The Kier molecular flexibility index (Phi) is 4.73. The molecule has 3 aliphatic heterocycles. The lowest BCUT2D eigenvalue weighted by Crippen LogP contribution is -2.44. The topological polar surface area (TPSA) is 49.4 Å². The van der Waals surface area contributed by atoms with E-state index in [4.69, 9.17) is 23.7 Å². The van der Waals surface area contributed by atoms with E-state index in [0.29, 0.717) is 13.6 Å². The summed E-state index contributed by atoms with van der Waals surface area (Å²) < 4.78 is 29.5. The van der Waals surface area contributed by atoms with Gasteiger partial charge in [-0.15, -0.1) is 0 Å². The first-order valence-corrected chi connectivity index (χ1v) is 11.4. The van der Waals surface area contributed by atoms with Gasteiger partial charge in [0.2, 0.25) is 13.6 Å². The molecule has 6 nitrogen and oxygen atoms in total. The number of unbranched alkanes of at least 4 members (excludes halogenated alkanes) is 2. The second-order valence-electron chi connectivity index (χ2n) is 8.98. The number of ether oxygens (including phenoxy) is 5. The molecule has 1 aliphatic carbocycles. The number of hydrogen-bond donors (Lipinski definition) is 0. The maximum atomic E-state index is 6.58. The molecule has 0 aromatic heterocycles. The Balaban J connectivity index is 1.44. The molecule has 0 amide bonds. The van der Waals surface area contributed by atoms with E-state index in [2.05, 4.69) is 43.1 Å². The van der Waals surface area contributed by atoms with Crippen molar-refractivity contribution in [1.29, 1.82) is 0 Å². The van der Waals surface area contributed by atoms with Gasteiger partial charge in [-0.05, 0) is 54.8 Å². The summed E-state index contributed by atoms with van der Waals surface area (Å²) in [6, 6.07) is 8.87. The molecule has 0 N–H and O–H groups in total. The number of nitrogens with zero attached hydrogens (tertiary/aromatic N) is 1. The highest BCUT2D eigenvalue weighted by atomic mass is 16.7. The molecule has 6 heteroatoms. The minimum atomic E-state index is 0.108. The Morgan fingerprint density at radius 3 is 2.65 bits per heavy atom. The number of benzene rings is 2. The quantitative estimate of drug-likeness (QED) is 0.658. The van der Waals surface area contributed by atoms with Crippen molar-refractivity contribution in [3.8, 4) is 23.0 Å². The van der Waals surface area contributed by atoms with E-state index in [1.807, 2.05) is 0 Å². The van der Waals surface area contributed by atoms with Gasteiger partial charge < -0.3 is 23.7 Å². The summed E-state index contributed by atoms with van der Waals surface area (Å²) in [4.78, 5) is 2.43. The summed E-state index contributed by atoms with van der Waals surface area (Å²) >= 11 is 0. The molecule has 6 rings (SSSR count). The lowest BCUT2D eigenvalue weighted by atomic mass is 9.70. The van der Waals surface area contributed by atoms with Gasteiger partial charge in [-0.25, -0.2) is 0 Å². The Hall–Kier alpha value is -2.44. The summed E-state index contributed by atoms with van der Waals surface area (Å²) in [5.74, 6) is 3.70. The van der Waals surface area contributed by atoms with Crippen LogP contribution in [0.5, 0.6) is 23.0 Å². The molecule has 0 saturated carbocycles. The largest absolute Gasteiger partial charge is 0.454 e. The molecular weight excluding hydrogens is 394 g/mol. The summed E-state index contributed by atoms with van der Waals surface area (Å²) in [5, 5.41) is 0. The Morgan fingerprint density at radius 2 is 1.77 bits per heavy atom. The van der Waals surface area contributed by atoms with Gasteiger partial charge in [0.25, 0.3) is 0 Å². The Morgan fingerprint density at radius 1 is 0.968 bits per heavy atom. The van der Waals surface area contributed by atoms with Crippen molar-refractivity contribution in [2.45, 2.75) is 57.2 Å². The fraction of sp³-hybridized carbons (Fsp3) is 0.520. The molecule has 164 valence electrons. The third kappa shape index (κ3) is 3.07. The van der Waals surface area contributed by atoms with E-state index in [1.54, 1.807) is 0 Å². The lowest BCUT2D eigenvalue weighted by molar-refractivity contribution is -0.00680. The first kappa shape index (κ1) is 19.3. The SMILES string of the molecule is CCCCCO[C@H]1Cc2cc3c(cc2[C@@H]2[C@H]1c1ccc4c(c1CN2C)OCO4)OCO3. The Bertz CT molecular complexity index is 1010. The summed E-state index contributed by atoms with van der Waals surface area (Å²) in [6.07, 6.45) is 4.48. The maximum absolute atomic E-state index is 6.58. The van der Waals surface area contributed by atoms with Gasteiger partial charge in [-0.2, -0.15) is 0 Å². The second-order valence-corrected chi connectivity index (χ2v) is 8.98. The van der Waals surface area contributed by atoms with E-state index in [-0.39, 0.29) is 18.1 Å². The average molecular weight is 424 g/mol. The van der Waals surface area contributed by atoms with Crippen molar-refractivity contribution in [3.63, 3.8) is 0 Å². The molecule has 3 atom stereocenters. The molecule has 4 aliphatic rings. The van der Waals surface area contributed by atoms with Gasteiger partial charge in [-0.3, -0.25) is 4.90 Å². The van der Waals surface area contributed by atoms with E-state index >= 15 is 0 Å². The highest BCUT2D eigenvalue weighted by Gasteiger charge is 2.46. The fourth-order valence-electron chi connectivity index (χ4n) is 5.69. The van der Waals surface area contributed by atoms with Gasteiger partial charge in [0.05, 0.1) is 6.10 Å². The van der Waals surface area contributed by atoms with E-state index in [9.17, 15) is 0 Å². The van der Waals surface area contributed by atoms with Crippen LogP contribution in [0.4, 0.5) is 0 Å². The van der Waals surface area contributed by atoms with Crippen molar-refractivity contribution >= 4 is 0 Å². The van der Waals surface area contributed by atoms with Crippen LogP contribution in [0.25, 0.3) is 0 Å². The zero-order valence-corrected chi connectivity index (χ0v) is 18.2. The van der Waals surface area contributed by atoms with Crippen molar-refractivity contribution in [3.05, 3.63) is 46.5 Å². The Labute approximate surface area is 183 Å². The lowest BCUT2D eigenvalue weighted by Gasteiger charge is -2.48. The molecule has 0 radical (unpaired) electrons. The van der Waals surface area contributed by atoms with Crippen molar-refractivity contribution in [2.24, 2.45) is 0 Å². The smallest absolute Gasteiger partial charge is 0.231 e. The monoisotopic (exact) mass is 423 g/mol. The fourth-order valence-corrected chi connectivity index (χ4v) is 5.69. The van der Waals surface area contributed by atoms with Gasteiger partial charge in [0, 0.05) is 30.7 Å². The second kappa shape index (κ2) is 7.61. The first-order chi connectivity index (χ1) is 15.2. The number of hydrogen-bond acceptors (Lipinski definition) is 6. The summed E-state index contributed by atoms with van der Waals surface area (Å²) in [6.45, 7) is 4.44. The van der Waals surface area contributed by atoms with Gasteiger partial charge in [-0.1, -0.05) is 25.8 Å². The number of fused-ring (bicyclic) bond motifs is 8. The molecule has 31 heavy (non-hydrogen) atoms. The highest BCUT2D eigenvalue weighted by Crippen LogP contribution is 2.54. The molecule has 0 saturated heterocycles. The van der Waals surface area contributed by atoms with Crippen LogP contribution in [0.15, 0.2) is 24.3 Å². The van der Waals surface area contributed by atoms with E-state index in [0.717, 1.165) is 49.0 Å². The van der Waals surface area contributed by atoms with Crippen LogP contribution in [0.2, 0.25) is 0 Å².